The number of aromatic nitrogens is 1. The first-order valence-electron chi connectivity index (χ1n) is 8.77. The molecule has 5 rings (SSSR count). The summed E-state index contributed by atoms with van der Waals surface area (Å²) in [5, 5.41) is 15.4. The Hall–Kier alpha value is -3.57. The molecule has 4 heterocycles. The monoisotopic (exact) mass is 442 g/mol. The Morgan fingerprint density at radius 3 is 2.87 bits per heavy atom. The van der Waals surface area contributed by atoms with Gasteiger partial charge in [-0.2, -0.15) is 8.42 Å². The second-order valence-electron chi connectivity index (χ2n) is 6.50. The summed E-state index contributed by atoms with van der Waals surface area (Å²) in [4.78, 5) is 13.3. The highest BCUT2D eigenvalue weighted by molar-refractivity contribution is 7.90. The van der Waals surface area contributed by atoms with Crippen LogP contribution in [0.15, 0.2) is 72.8 Å². The van der Waals surface area contributed by atoms with Crippen LogP contribution in [0.5, 0.6) is 5.75 Å². The SMILES string of the molecule is O=c1c(C2=NS(=O)(=O)c3ccccc3N2)c(O)c2sccc2n1NCc1ccoc1. The van der Waals surface area contributed by atoms with Crippen LogP contribution in [-0.4, -0.2) is 24.0 Å². The number of hydrogen-bond acceptors (Lipinski definition) is 8. The van der Waals surface area contributed by atoms with E-state index in [0.29, 0.717) is 10.2 Å². The van der Waals surface area contributed by atoms with Crippen molar-refractivity contribution in [2.45, 2.75) is 11.4 Å². The van der Waals surface area contributed by atoms with E-state index in [2.05, 4.69) is 15.1 Å². The van der Waals surface area contributed by atoms with E-state index in [0.717, 1.165) is 5.56 Å². The van der Waals surface area contributed by atoms with E-state index in [1.807, 2.05) is 0 Å². The molecule has 4 aromatic rings. The summed E-state index contributed by atoms with van der Waals surface area (Å²) < 4.78 is 35.7. The summed E-state index contributed by atoms with van der Waals surface area (Å²) in [7, 11) is -4.04. The Balaban J connectivity index is 1.69. The molecule has 0 fully saturated rings. The van der Waals surface area contributed by atoms with Crippen molar-refractivity contribution in [3.8, 4) is 5.75 Å². The van der Waals surface area contributed by atoms with Crippen LogP contribution in [0.2, 0.25) is 0 Å². The molecule has 0 atom stereocenters. The molecule has 11 heteroatoms. The number of thiophene rings is 1. The number of sulfonamides is 1. The van der Waals surface area contributed by atoms with Crippen molar-refractivity contribution in [3.05, 3.63) is 75.8 Å². The second kappa shape index (κ2) is 6.75. The zero-order valence-electron chi connectivity index (χ0n) is 15.2. The average Bonchev–Trinajstić information content (AvgIpc) is 3.40. The summed E-state index contributed by atoms with van der Waals surface area (Å²) in [6.07, 6.45) is 3.06. The zero-order valence-corrected chi connectivity index (χ0v) is 16.8. The van der Waals surface area contributed by atoms with Crippen LogP contribution in [0.4, 0.5) is 5.69 Å². The van der Waals surface area contributed by atoms with Gasteiger partial charge in [0, 0.05) is 5.56 Å². The van der Waals surface area contributed by atoms with Gasteiger partial charge in [0.15, 0.2) is 11.6 Å². The maximum atomic E-state index is 13.3. The number of pyridine rings is 1. The van der Waals surface area contributed by atoms with E-state index in [9.17, 15) is 18.3 Å². The second-order valence-corrected chi connectivity index (χ2v) is 8.99. The minimum atomic E-state index is -4.04. The van der Waals surface area contributed by atoms with Gasteiger partial charge < -0.3 is 20.3 Å². The molecule has 0 unspecified atom stereocenters. The van der Waals surface area contributed by atoms with E-state index in [1.54, 1.807) is 42.0 Å². The number of nitrogens with zero attached hydrogens (tertiary/aromatic N) is 2. The molecule has 0 aliphatic carbocycles. The van der Waals surface area contributed by atoms with Gasteiger partial charge in [-0.15, -0.1) is 15.7 Å². The topological polar surface area (TPSA) is 126 Å². The predicted molar refractivity (Wildman–Crippen MR) is 113 cm³/mol. The fraction of sp³-hybridized carbons (Fsp3) is 0.0526. The number of amidine groups is 1. The third-order valence-electron chi connectivity index (χ3n) is 4.64. The predicted octanol–water partition coefficient (Wildman–Crippen LogP) is 2.67. The van der Waals surface area contributed by atoms with Crippen molar-refractivity contribution < 1.29 is 17.9 Å². The number of rotatable bonds is 4. The molecule has 152 valence electrons. The number of fused-ring (bicyclic) bond motifs is 2. The van der Waals surface area contributed by atoms with Gasteiger partial charge in [0.2, 0.25) is 0 Å². The maximum absolute atomic E-state index is 13.3. The number of nitrogens with one attached hydrogen (secondary N) is 2. The minimum Gasteiger partial charge on any atom is -0.505 e. The molecular formula is C19H14N4O5S2. The molecule has 0 radical (unpaired) electrons. The smallest absolute Gasteiger partial charge is 0.286 e. The Morgan fingerprint density at radius 2 is 2.07 bits per heavy atom. The Bertz CT molecular complexity index is 1470. The lowest BCUT2D eigenvalue weighted by atomic mass is 10.2. The Kier molecular flexibility index (Phi) is 4.15. The molecule has 1 aliphatic rings. The molecular weight excluding hydrogens is 428 g/mol. The van der Waals surface area contributed by atoms with Crippen molar-refractivity contribution >= 4 is 43.1 Å². The molecule has 3 aromatic heterocycles. The van der Waals surface area contributed by atoms with Gasteiger partial charge in [-0.1, -0.05) is 12.1 Å². The molecule has 9 nitrogen and oxygen atoms in total. The highest BCUT2D eigenvalue weighted by Crippen LogP contribution is 2.34. The van der Waals surface area contributed by atoms with Crippen LogP contribution in [0.3, 0.4) is 0 Å². The van der Waals surface area contributed by atoms with Crippen molar-refractivity contribution in [3.63, 3.8) is 0 Å². The number of anilines is 1. The standard InChI is InChI=1S/C19H14N4O5S2/c24-16-15(18-21-12-3-1-2-4-14(12)30(26,27)22-18)19(25)23(13-6-8-29-17(13)16)20-9-11-5-7-28-10-11/h1-8,10,20,24H,9H2,(H,21,22). The summed E-state index contributed by atoms with van der Waals surface area (Å²) in [5.74, 6) is -0.558. The fourth-order valence-electron chi connectivity index (χ4n) is 3.25. The van der Waals surface area contributed by atoms with Crippen molar-refractivity contribution in [2.75, 3.05) is 10.7 Å². The van der Waals surface area contributed by atoms with Crippen LogP contribution in [0, 0.1) is 0 Å². The zero-order chi connectivity index (χ0) is 20.9. The van der Waals surface area contributed by atoms with Gasteiger partial charge in [-0.3, -0.25) is 4.79 Å². The third-order valence-corrected chi connectivity index (χ3v) is 6.89. The Labute approximate surface area is 173 Å². The Morgan fingerprint density at radius 1 is 1.23 bits per heavy atom. The number of hydrogen-bond donors (Lipinski definition) is 3. The molecule has 0 amide bonds. The van der Waals surface area contributed by atoms with E-state index in [-0.39, 0.29) is 34.3 Å². The molecule has 1 aromatic carbocycles. The quantitative estimate of drug-likeness (QED) is 0.444. The maximum Gasteiger partial charge on any atom is 0.286 e. The van der Waals surface area contributed by atoms with Crippen LogP contribution in [-0.2, 0) is 16.6 Å². The molecule has 30 heavy (non-hydrogen) atoms. The van der Waals surface area contributed by atoms with Crippen LogP contribution in [0.1, 0.15) is 11.1 Å². The highest BCUT2D eigenvalue weighted by Gasteiger charge is 2.30. The molecule has 0 spiro atoms. The van der Waals surface area contributed by atoms with Gasteiger partial charge in [0.1, 0.15) is 10.5 Å². The van der Waals surface area contributed by atoms with Crippen molar-refractivity contribution in [1.82, 2.24) is 4.68 Å². The minimum absolute atomic E-state index is 0.00356. The van der Waals surface area contributed by atoms with Gasteiger partial charge in [0.05, 0.1) is 35.0 Å². The molecule has 3 N–H and O–H groups in total. The molecule has 0 bridgehead atoms. The number of furan rings is 1. The number of benzene rings is 1. The van der Waals surface area contributed by atoms with Crippen LogP contribution >= 0.6 is 11.3 Å². The average molecular weight is 442 g/mol. The number of aromatic hydroxyl groups is 1. The van der Waals surface area contributed by atoms with E-state index < -0.39 is 15.6 Å². The lowest BCUT2D eigenvalue weighted by Gasteiger charge is -2.20. The summed E-state index contributed by atoms with van der Waals surface area (Å²) in [5.41, 5.74) is 3.69. The van der Waals surface area contributed by atoms with Gasteiger partial charge >= 0.3 is 0 Å². The first-order chi connectivity index (χ1) is 14.5. The largest absolute Gasteiger partial charge is 0.505 e. The van der Waals surface area contributed by atoms with Crippen LogP contribution < -0.4 is 16.3 Å². The molecule has 0 saturated heterocycles. The fourth-order valence-corrected chi connectivity index (χ4v) is 5.20. The summed E-state index contributed by atoms with van der Waals surface area (Å²) in [6.45, 7) is 0.284. The molecule has 0 saturated carbocycles. The van der Waals surface area contributed by atoms with E-state index in [1.165, 1.54) is 28.3 Å². The summed E-state index contributed by atoms with van der Waals surface area (Å²) >= 11 is 1.22. The van der Waals surface area contributed by atoms with Crippen molar-refractivity contribution in [2.24, 2.45) is 4.40 Å². The number of para-hydroxylation sites is 1. The van der Waals surface area contributed by atoms with Crippen LogP contribution in [0.25, 0.3) is 10.2 Å². The van der Waals surface area contributed by atoms with Crippen molar-refractivity contribution in [1.29, 1.82) is 0 Å². The normalized spacial score (nSPS) is 14.7. The highest BCUT2D eigenvalue weighted by atomic mass is 32.2. The van der Waals surface area contributed by atoms with Gasteiger partial charge in [-0.05, 0) is 29.6 Å². The van der Waals surface area contributed by atoms with Gasteiger partial charge in [0.25, 0.3) is 15.6 Å². The van der Waals surface area contributed by atoms with Gasteiger partial charge in [-0.25, -0.2) is 4.68 Å². The first-order valence-corrected chi connectivity index (χ1v) is 11.1. The van der Waals surface area contributed by atoms with E-state index in [4.69, 9.17) is 4.42 Å². The molecule has 1 aliphatic heterocycles. The lowest BCUT2D eigenvalue weighted by molar-refractivity contribution is 0.479. The lowest BCUT2D eigenvalue weighted by Crippen LogP contribution is -2.36. The van der Waals surface area contributed by atoms with E-state index >= 15 is 0 Å². The summed E-state index contributed by atoms with van der Waals surface area (Å²) in [6, 6.07) is 9.68. The third kappa shape index (κ3) is 2.86. The first kappa shape index (κ1) is 18.5.